The Bertz CT molecular complexity index is 4100. The number of para-hydroxylation sites is 2. The second kappa shape index (κ2) is 15.6. The Morgan fingerprint density at radius 2 is 0.662 bits per heavy atom. The summed E-state index contributed by atoms with van der Waals surface area (Å²) in [6, 6.07) is 94.1. The lowest BCUT2D eigenvalue weighted by Crippen LogP contribution is -2.25. The maximum Gasteiger partial charge on any atom is 0.0725 e. The minimum atomic E-state index is -0.450. The highest BCUT2D eigenvalue weighted by atomic mass is 15.1. The largest absolute Gasteiger partial charge is 0.309 e. The fourth-order valence-electron chi connectivity index (χ4n) is 14.2. The van der Waals surface area contributed by atoms with E-state index in [9.17, 15) is 0 Å². The molecule has 0 unspecified atom stereocenters. The second-order valence-corrected chi connectivity index (χ2v) is 21.9. The number of hydrogen-bond acceptors (Lipinski definition) is 1. The number of fused-ring (bicyclic) bond motifs is 16. The summed E-state index contributed by atoms with van der Waals surface area (Å²) < 4.78 is 0. The standard InChI is InChI=1S/C73H53N/c1-71(2)60-31-12-5-27-54(60)59-44-47(40-42-62(59)71)46-21-19-22-49(43-46)74(69-38-18-11-28-56(69)57-30-20-36-66-70(57)58-29-9-13-32-61(58)72(66,3)4)68-37-17-10-23-50(68)48-39-41-55-53-26-8-16-35-65(53)73(67(55)45-48)63-33-14-6-24-51(63)52-25-7-15-34-64(52)73/h5-45H,1-4H3. The molecule has 1 spiro atoms. The fraction of sp³-hybridized carbons (Fsp3) is 0.0959. The first-order valence-corrected chi connectivity index (χ1v) is 26.3. The van der Waals surface area contributed by atoms with Crippen LogP contribution in [0.5, 0.6) is 0 Å². The first-order chi connectivity index (χ1) is 36.2. The minimum Gasteiger partial charge on any atom is -0.309 e. The molecular weight excluding hydrogens is 891 g/mol. The van der Waals surface area contributed by atoms with Gasteiger partial charge in [-0.1, -0.05) is 240 Å². The van der Waals surface area contributed by atoms with Crippen molar-refractivity contribution >= 4 is 17.1 Å². The van der Waals surface area contributed by atoms with E-state index in [4.69, 9.17) is 0 Å². The number of nitrogens with zero attached hydrogens (tertiary/aromatic N) is 1. The van der Waals surface area contributed by atoms with E-state index in [1.165, 1.54) is 122 Å². The third-order valence-electron chi connectivity index (χ3n) is 17.5. The summed E-state index contributed by atoms with van der Waals surface area (Å²) in [6.45, 7) is 9.47. The monoisotopic (exact) mass is 943 g/mol. The fourth-order valence-corrected chi connectivity index (χ4v) is 14.2. The highest BCUT2D eigenvalue weighted by Gasteiger charge is 2.51. The summed E-state index contributed by atoms with van der Waals surface area (Å²) in [5.41, 5.74) is 31.3. The van der Waals surface area contributed by atoms with Gasteiger partial charge in [-0.3, -0.25) is 0 Å². The van der Waals surface area contributed by atoms with Crippen LogP contribution in [0.3, 0.4) is 0 Å². The van der Waals surface area contributed by atoms with E-state index in [1.54, 1.807) is 0 Å². The van der Waals surface area contributed by atoms with Crippen molar-refractivity contribution in [3.05, 3.63) is 293 Å². The van der Waals surface area contributed by atoms with Crippen LogP contribution >= 0.6 is 0 Å². The summed E-state index contributed by atoms with van der Waals surface area (Å²) in [5.74, 6) is 0. The average Bonchev–Trinajstić information content (AvgIpc) is 4.09. The molecule has 74 heavy (non-hydrogen) atoms. The molecule has 0 amide bonds. The molecule has 0 N–H and O–H groups in total. The van der Waals surface area contributed by atoms with E-state index >= 15 is 0 Å². The predicted molar refractivity (Wildman–Crippen MR) is 309 cm³/mol. The molecule has 0 aromatic heterocycles. The lowest BCUT2D eigenvalue weighted by atomic mass is 9.70. The maximum absolute atomic E-state index is 2.54. The Balaban J connectivity index is 0.961. The number of anilines is 3. The van der Waals surface area contributed by atoms with Crippen LogP contribution in [-0.4, -0.2) is 0 Å². The van der Waals surface area contributed by atoms with E-state index in [2.05, 4.69) is 281 Å². The molecule has 1 heteroatoms. The number of rotatable bonds is 6. The van der Waals surface area contributed by atoms with Crippen molar-refractivity contribution in [2.24, 2.45) is 0 Å². The van der Waals surface area contributed by atoms with Crippen molar-refractivity contribution in [2.45, 2.75) is 43.9 Å². The normalized spacial score (nSPS) is 14.8. The SMILES string of the molecule is CC1(C)c2ccccc2-c2cc(-c3cccc(N(c4ccccc4-c4ccc5c(c4)C4(c6ccccc6-c6ccccc64)c4ccccc4-5)c4ccccc4-c4cccc5c4-c4ccccc4C5(C)C)c3)ccc21. The van der Waals surface area contributed by atoms with Crippen molar-refractivity contribution < 1.29 is 0 Å². The van der Waals surface area contributed by atoms with Gasteiger partial charge in [0, 0.05) is 27.6 Å². The van der Waals surface area contributed by atoms with Crippen molar-refractivity contribution in [3.8, 4) is 77.9 Å². The molecule has 0 aliphatic heterocycles. The Hall–Kier alpha value is -8.78. The van der Waals surface area contributed by atoms with Crippen molar-refractivity contribution in [3.63, 3.8) is 0 Å². The molecule has 350 valence electrons. The van der Waals surface area contributed by atoms with Crippen LogP contribution in [0.15, 0.2) is 249 Å². The molecular formula is C73H53N. The molecule has 4 aliphatic carbocycles. The maximum atomic E-state index is 2.54. The van der Waals surface area contributed by atoms with Crippen molar-refractivity contribution in [1.82, 2.24) is 0 Å². The average molecular weight is 944 g/mol. The van der Waals surface area contributed by atoms with Crippen LogP contribution in [0.4, 0.5) is 17.1 Å². The highest BCUT2D eigenvalue weighted by Crippen LogP contribution is 2.64. The minimum absolute atomic E-state index is 0.0611. The summed E-state index contributed by atoms with van der Waals surface area (Å²) in [6.07, 6.45) is 0. The van der Waals surface area contributed by atoms with Gasteiger partial charge in [-0.2, -0.15) is 0 Å². The van der Waals surface area contributed by atoms with Crippen LogP contribution in [0.2, 0.25) is 0 Å². The van der Waals surface area contributed by atoms with Crippen molar-refractivity contribution in [1.29, 1.82) is 0 Å². The quantitative estimate of drug-likeness (QED) is 0.161. The predicted octanol–water partition coefficient (Wildman–Crippen LogP) is 19.1. The van der Waals surface area contributed by atoms with Gasteiger partial charge in [-0.15, -0.1) is 0 Å². The summed E-state index contributed by atoms with van der Waals surface area (Å²) in [5, 5.41) is 0. The van der Waals surface area contributed by atoms with Gasteiger partial charge in [-0.25, -0.2) is 0 Å². The molecule has 4 aliphatic rings. The number of hydrogen-bond donors (Lipinski definition) is 0. The van der Waals surface area contributed by atoms with Crippen molar-refractivity contribution in [2.75, 3.05) is 4.90 Å². The van der Waals surface area contributed by atoms with Gasteiger partial charge >= 0.3 is 0 Å². The Labute approximate surface area is 434 Å². The van der Waals surface area contributed by atoms with Crippen LogP contribution in [0.1, 0.15) is 72.2 Å². The Morgan fingerprint density at radius 1 is 0.243 bits per heavy atom. The van der Waals surface area contributed by atoms with Gasteiger partial charge in [0.1, 0.15) is 0 Å². The van der Waals surface area contributed by atoms with E-state index in [0.29, 0.717) is 0 Å². The summed E-state index contributed by atoms with van der Waals surface area (Å²) in [7, 11) is 0. The highest BCUT2D eigenvalue weighted by molar-refractivity contribution is 6.02. The van der Waals surface area contributed by atoms with E-state index < -0.39 is 5.41 Å². The molecule has 0 fully saturated rings. The lowest BCUT2D eigenvalue weighted by Gasteiger charge is -2.32. The van der Waals surface area contributed by atoms with Gasteiger partial charge in [0.2, 0.25) is 0 Å². The van der Waals surface area contributed by atoms with Gasteiger partial charge in [0.15, 0.2) is 0 Å². The summed E-state index contributed by atoms with van der Waals surface area (Å²) >= 11 is 0. The Kier molecular flexibility index (Phi) is 9.04. The zero-order valence-corrected chi connectivity index (χ0v) is 42.1. The van der Waals surface area contributed by atoms with Gasteiger partial charge in [-0.05, 0) is 148 Å². The van der Waals surface area contributed by atoms with E-state index in [1.807, 2.05) is 0 Å². The van der Waals surface area contributed by atoms with Crippen LogP contribution in [0.25, 0.3) is 77.9 Å². The zero-order valence-electron chi connectivity index (χ0n) is 42.1. The third-order valence-corrected chi connectivity index (χ3v) is 17.5. The van der Waals surface area contributed by atoms with Crippen LogP contribution < -0.4 is 4.90 Å². The van der Waals surface area contributed by atoms with Gasteiger partial charge in [0.25, 0.3) is 0 Å². The van der Waals surface area contributed by atoms with Crippen LogP contribution in [0, 0.1) is 0 Å². The topological polar surface area (TPSA) is 3.24 Å². The lowest BCUT2D eigenvalue weighted by molar-refractivity contribution is 0.660. The Morgan fingerprint density at radius 3 is 1.31 bits per heavy atom. The molecule has 0 saturated carbocycles. The molecule has 11 aromatic carbocycles. The number of benzene rings is 11. The van der Waals surface area contributed by atoms with Crippen LogP contribution in [-0.2, 0) is 16.2 Å². The zero-order chi connectivity index (χ0) is 49.5. The molecule has 15 rings (SSSR count). The van der Waals surface area contributed by atoms with Gasteiger partial charge in [0.05, 0.1) is 16.8 Å². The van der Waals surface area contributed by atoms with E-state index in [-0.39, 0.29) is 10.8 Å². The molecule has 11 aromatic rings. The summed E-state index contributed by atoms with van der Waals surface area (Å²) in [4.78, 5) is 2.54. The molecule has 0 atom stereocenters. The molecule has 0 radical (unpaired) electrons. The molecule has 0 saturated heterocycles. The molecule has 0 heterocycles. The van der Waals surface area contributed by atoms with Gasteiger partial charge < -0.3 is 4.90 Å². The third kappa shape index (κ3) is 5.76. The second-order valence-electron chi connectivity index (χ2n) is 21.9. The molecule has 1 nitrogen and oxygen atoms in total. The first-order valence-electron chi connectivity index (χ1n) is 26.3. The van der Waals surface area contributed by atoms with E-state index in [0.717, 1.165) is 17.1 Å². The molecule has 0 bridgehead atoms. The first kappa shape index (κ1) is 42.9. The smallest absolute Gasteiger partial charge is 0.0725 e.